The Kier molecular flexibility index (Phi) is 8.31. The second-order valence-corrected chi connectivity index (χ2v) is 15.1. The van der Waals surface area contributed by atoms with Crippen molar-refractivity contribution < 1.29 is 4.42 Å². The van der Waals surface area contributed by atoms with Gasteiger partial charge in [-0.15, -0.1) is 0 Å². The van der Waals surface area contributed by atoms with Crippen LogP contribution in [-0.2, 0) is 0 Å². The largest absolute Gasteiger partial charge is 0.456 e. The van der Waals surface area contributed by atoms with Gasteiger partial charge in [0, 0.05) is 60.6 Å². The molecule has 0 unspecified atom stereocenters. The van der Waals surface area contributed by atoms with Crippen LogP contribution in [-0.4, -0.2) is 34.5 Å². The second kappa shape index (κ2) is 14.6. The molecule has 0 saturated heterocycles. The van der Waals surface area contributed by atoms with Crippen LogP contribution in [0.5, 0.6) is 0 Å². The van der Waals surface area contributed by atoms with E-state index in [-0.39, 0.29) is 0 Å². The van der Waals surface area contributed by atoms with Gasteiger partial charge < -0.3 is 8.98 Å². The SMILES string of the molecule is c1ccc(-c2nc(-c3ccc(-n4c5ccccc5c5ccccc54)cc3)nc(-c3ccc4c(c3)oc3cccc(-c5nc(-c6ccccc6)nc(-c6ccccc6)n5)c34)n2)cc1. The van der Waals surface area contributed by atoms with Crippen LogP contribution in [0.3, 0.4) is 0 Å². The molecule has 8 heteroatoms. The van der Waals surface area contributed by atoms with E-state index in [4.69, 9.17) is 34.3 Å². The van der Waals surface area contributed by atoms with Crippen LogP contribution in [0.25, 0.3) is 118 Å². The summed E-state index contributed by atoms with van der Waals surface area (Å²) in [5.41, 5.74) is 10.1. The van der Waals surface area contributed by atoms with E-state index in [9.17, 15) is 0 Å². The van der Waals surface area contributed by atoms with Crippen LogP contribution in [0.2, 0.25) is 0 Å². The molecule has 0 fully saturated rings. The van der Waals surface area contributed by atoms with E-state index in [1.54, 1.807) is 0 Å². The monoisotopic (exact) mass is 795 g/mol. The molecule has 0 N–H and O–H groups in total. The Morgan fingerprint density at radius 3 is 1.27 bits per heavy atom. The van der Waals surface area contributed by atoms with Crippen LogP contribution < -0.4 is 0 Å². The molecule has 0 radical (unpaired) electrons. The standard InChI is InChI=1S/C54H33N7O/c1-4-15-34(16-5-1)49-55-52(37-27-30-39(31-28-37)61-44-24-12-10-21-40(44)41-22-11-13-25-45(41)61)58-53(57-49)38-29-32-42-47(33-38)62-46-26-14-23-43(48(42)46)54-59-50(35-17-6-2-7-18-35)56-51(60-54)36-19-8-3-9-20-36/h1-33H. The first-order chi connectivity index (χ1) is 30.7. The third-order valence-corrected chi connectivity index (χ3v) is 11.3. The van der Waals surface area contributed by atoms with Gasteiger partial charge in [-0.25, -0.2) is 29.9 Å². The van der Waals surface area contributed by atoms with Crippen molar-refractivity contribution in [3.8, 4) is 74.0 Å². The zero-order chi connectivity index (χ0) is 41.0. The Balaban J connectivity index is 0.970. The fourth-order valence-corrected chi connectivity index (χ4v) is 8.39. The zero-order valence-corrected chi connectivity index (χ0v) is 33.1. The minimum absolute atomic E-state index is 0.542. The Morgan fingerprint density at radius 2 is 0.742 bits per heavy atom. The van der Waals surface area contributed by atoms with Crippen molar-refractivity contribution >= 4 is 43.7 Å². The van der Waals surface area contributed by atoms with Gasteiger partial charge >= 0.3 is 0 Å². The highest BCUT2D eigenvalue weighted by Gasteiger charge is 2.20. The molecule has 0 atom stereocenters. The van der Waals surface area contributed by atoms with Gasteiger partial charge in [0.2, 0.25) is 0 Å². The summed E-state index contributed by atoms with van der Waals surface area (Å²) in [5.74, 6) is 3.47. The number of nitrogens with zero attached hydrogens (tertiary/aromatic N) is 7. The third kappa shape index (κ3) is 6.09. The van der Waals surface area contributed by atoms with E-state index in [0.717, 1.165) is 66.5 Å². The van der Waals surface area contributed by atoms with Gasteiger partial charge in [0.1, 0.15) is 11.2 Å². The molecule has 290 valence electrons. The number of hydrogen-bond acceptors (Lipinski definition) is 7. The first kappa shape index (κ1) is 35.3. The molecular formula is C54H33N7O. The summed E-state index contributed by atoms with van der Waals surface area (Å²) in [6.07, 6.45) is 0. The maximum absolute atomic E-state index is 6.60. The number of hydrogen-bond donors (Lipinski definition) is 0. The average Bonchev–Trinajstić information content (AvgIpc) is 3.90. The van der Waals surface area contributed by atoms with Gasteiger partial charge in [-0.05, 0) is 54.6 Å². The minimum atomic E-state index is 0.542. The molecule has 0 bridgehead atoms. The first-order valence-electron chi connectivity index (χ1n) is 20.5. The predicted octanol–water partition coefficient (Wildman–Crippen LogP) is 13.1. The van der Waals surface area contributed by atoms with Gasteiger partial charge in [-0.3, -0.25) is 0 Å². The molecule has 0 spiro atoms. The molecule has 12 aromatic rings. The maximum Gasteiger partial charge on any atom is 0.164 e. The van der Waals surface area contributed by atoms with E-state index in [1.807, 2.05) is 121 Å². The van der Waals surface area contributed by atoms with Crippen LogP contribution in [0, 0.1) is 0 Å². The molecular weight excluding hydrogens is 763 g/mol. The van der Waals surface area contributed by atoms with Crippen LogP contribution in [0.15, 0.2) is 205 Å². The van der Waals surface area contributed by atoms with Crippen LogP contribution in [0.4, 0.5) is 0 Å². The normalized spacial score (nSPS) is 11.5. The summed E-state index contributed by atoms with van der Waals surface area (Å²) >= 11 is 0. The Labute approximate surface area is 355 Å². The van der Waals surface area contributed by atoms with E-state index in [0.29, 0.717) is 40.5 Å². The van der Waals surface area contributed by atoms with Gasteiger partial charge in [-0.1, -0.05) is 146 Å². The molecule has 0 aliphatic heterocycles. The molecule has 8 nitrogen and oxygen atoms in total. The molecule has 12 rings (SSSR count). The molecule has 8 aromatic carbocycles. The number of fused-ring (bicyclic) bond motifs is 6. The zero-order valence-electron chi connectivity index (χ0n) is 33.1. The quantitative estimate of drug-likeness (QED) is 0.158. The summed E-state index contributed by atoms with van der Waals surface area (Å²) in [4.78, 5) is 30.1. The van der Waals surface area contributed by atoms with Crippen molar-refractivity contribution in [2.75, 3.05) is 0 Å². The Morgan fingerprint density at radius 1 is 0.306 bits per heavy atom. The van der Waals surface area contributed by atoms with Crippen molar-refractivity contribution in [2.24, 2.45) is 0 Å². The van der Waals surface area contributed by atoms with Gasteiger partial charge in [-0.2, -0.15) is 0 Å². The number of furan rings is 1. The predicted molar refractivity (Wildman–Crippen MR) is 247 cm³/mol. The Hall–Kier alpha value is -8.62. The summed E-state index contributed by atoms with van der Waals surface area (Å²) in [6, 6.07) is 67.7. The van der Waals surface area contributed by atoms with E-state index in [2.05, 4.69) is 83.4 Å². The van der Waals surface area contributed by atoms with Crippen molar-refractivity contribution in [3.63, 3.8) is 0 Å². The van der Waals surface area contributed by atoms with Crippen molar-refractivity contribution in [2.45, 2.75) is 0 Å². The maximum atomic E-state index is 6.60. The summed E-state index contributed by atoms with van der Waals surface area (Å²) in [6.45, 7) is 0. The Bertz CT molecular complexity index is 3510. The number of para-hydroxylation sites is 2. The van der Waals surface area contributed by atoms with Crippen LogP contribution >= 0.6 is 0 Å². The molecule has 0 aliphatic carbocycles. The molecule has 0 saturated carbocycles. The second-order valence-electron chi connectivity index (χ2n) is 15.1. The lowest BCUT2D eigenvalue weighted by Crippen LogP contribution is -2.00. The number of rotatable bonds is 7. The van der Waals surface area contributed by atoms with Gasteiger partial charge in [0.15, 0.2) is 34.9 Å². The van der Waals surface area contributed by atoms with E-state index in [1.165, 1.54) is 10.8 Å². The van der Waals surface area contributed by atoms with Crippen molar-refractivity contribution in [3.05, 3.63) is 200 Å². The highest BCUT2D eigenvalue weighted by atomic mass is 16.3. The number of benzene rings is 8. The smallest absolute Gasteiger partial charge is 0.164 e. The molecule has 4 heterocycles. The van der Waals surface area contributed by atoms with Gasteiger partial charge in [0.05, 0.1) is 11.0 Å². The lowest BCUT2D eigenvalue weighted by molar-refractivity contribution is 0.669. The molecule has 62 heavy (non-hydrogen) atoms. The lowest BCUT2D eigenvalue weighted by Gasteiger charge is -2.11. The highest BCUT2D eigenvalue weighted by molar-refractivity contribution is 6.12. The van der Waals surface area contributed by atoms with E-state index < -0.39 is 0 Å². The van der Waals surface area contributed by atoms with Crippen molar-refractivity contribution in [1.29, 1.82) is 0 Å². The lowest BCUT2D eigenvalue weighted by atomic mass is 10.0. The highest BCUT2D eigenvalue weighted by Crippen LogP contribution is 2.39. The fourth-order valence-electron chi connectivity index (χ4n) is 8.39. The summed E-state index contributed by atoms with van der Waals surface area (Å²) in [7, 11) is 0. The molecule has 4 aromatic heterocycles. The average molecular weight is 796 g/mol. The van der Waals surface area contributed by atoms with E-state index >= 15 is 0 Å². The summed E-state index contributed by atoms with van der Waals surface area (Å²) < 4.78 is 8.91. The van der Waals surface area contributed by atoms with Crippen molar-refractivity contribution in [1.82, 2.24) is 34.5 Å². The first-order valence-corrected chi connectivity index (χ1v) is 20.5. The summed E-state index contributed by atoms with van der Waals surface area (Å²) in [5, 5.41) is 4.29. The number of aromatic nitrogens is 7. The topological polar surface area (TPSA) is 95.4 Å². The van der Waals surface area contributed by atoms with Crippen LogP contribution in [0.1, 0.15) is 0 Å². The third-order valence-electron chi connectivity index (χ3n) is 11.3. The minimum Gasteiger partial charge on any atom is -0.456 e. The molecule has 0 aliphatic rings. The molecule has 0 amide bonds. The van der Waals surface area contributed by atoms with Gasteiger partial charge in [0.25, 0.3) is 0 Å². The fraction of sp³-hybridized carbons (Fsp3) is 0.